The molecule has 0 unspecified atom stereocenters. The highest BCUT2D eigenvalue weighted by molar-refractivity contribution is 8.27. The summed E-state index contributed by atoms with van der Waals surface area (Å²) in [6.07, 6.45) is 3.08. The van der Waals surface area contributed by atoms with Crippen LogP contribution in [-0.2, 0) is 21.1 Å². The molecular formula is C25H17ClF3N3O5S3. The molecule has 0 aliphatic carbocycles. The number of amides is 1. The number of nitrogens with one attached hydrogen (secondary N) is 1. The van der Waals surface area contributed by atoms with Gasteiger partial charge in [0.2, 0.25) is 0 Å². The largest absolute Gasteiger partial charge is 0.416 e. The lowest BCUT2D eigenvalue weighted by Crippen LogP contribution is -2.27. The van der Waals surface area contributed by atoms with Crippen LogP contribution in [0.4, 0.5) is 18.9 Å². The number of anilines is 1. The van der Waals surface area contributed by atoms with E-state index in [4.69, 9.17) is 23.8 Å². The molecule has 1 fully saturated rings. The first-order valence-electron chi connectivity index (χ1n) is 11.1. The molecular weight excluding hydrogens is 611 g/mol. The fourth-order valence-electron chi connectivity index (χ4n) is 3.61. The van der Waals surface area contributed by atoms with Crippen molar-refractivity contribution < 1.29 is 30.9 Å². The molecule has 4 rings (SSSR count). The van der Waals surface area contributed by atoms with Crippen LogP contribution in [0.5, 0.6) is 0 Å². The van der Waals surface area contributed by atoms with Gasteiger partial charge in [-0.2, -0.15) is 21.6 Å². The Kier molecular flexibility index (Phi) is 8.28. The number of thioether (sulfide) groups is 1. The minimum absolute atomic E-state index is 0.0233. The van der Waals surface area contributed by atoms with E-state index in [0.717, 1.165) is 45.6 Å². The monoisotopic (exact) mass is 627 g/mol. The smallest absolute Gasteiger partial charge is 0.295 e. The molecule has 3 aromatic rings. The number of carbonyl (C=O) groups excluding carboxylic acids is 1. The Morgan fingerprint density at radius 1 is 1.07 bits per heavy atom. The number of hydrogen-bond acceptors (Lipinski definition) is 6. The zero-order valence-electron chi connectivity index (χ0n) is 20.1. The predicted molar refractivity (Wildman–Crippen MR) is 151 cm³/mol. The molecule has 15 heteroatoms. The maximum absolute atomic E-state index is 12.9. The Labute approximate surface area is 240 Å². The normalized spacial score (nSPS) is 15.8. The van der Waals surface area contributed by atoms with Gasteiger partial charge < -0.3 is 0 Å². The van der Waals surface area contributed by atoms with Crippen molar-refractivity contribution in [3.63, 3.8) is 0 Å². The molecule has 1 aliphatic rings. The number of rotatable bonds is 6. The number of benzene rings is 2. The molecule has 0 spiro atoms. The molecule has 2 aromatic carbocycles. The van der Waals surface area contributed by atoms with E-state index in [1.165, 1.54) is 42.5 Å². The average molecular weight is 628 g/mol. The molecule has 1 saturated heterocycles. The third-order valence-electron chi connectivity index (χ3n) is 5.55. The number of hydrogen-bond donors (Lipinski definition) is 2. The number of aromatic amines is 1. The van der Waals surface area contributed by atoms with Crippen LogP contribution < -0.4 is 10.5 Å². The zero-order chi connectivity index (χ0) is 29.4. The van der Waals surface area contributed by atoms with Crippen LogP contribution in [0, 0.1) is 6.92 Å². The van der Waals surface area contributed by atoms with Crippen LogP contribution in [0.2, 0.25) is 5.02 Å². The summed E-state index contributed by atoms with van der Waals surface area (Å²) in [5.41, 5.74) is -0.452. The molecule has 2 heterocycles. The van der Waals surface area contributed by atoms with Gasteiger partial charge in [0.1, 0.15) is 0 Å². The van der Waals surface area contributed by atoms with Gasteiger partial charge in [-0.05, 0) is 61.5 Å². The van der Waals surface area contributed by atoms with Gasteiger partial charge in [0, 0.05) is 5.69 Å². The lowest BCUT2D eigenvalue weighted by molar-refractivity contribution is -0.137. The van der Waals surface area contributed by atoms with Crippen molar-refractivity contribution in [2.75, 3.05) is 4.90 Å². The predicted octanol–water partition coefficient (Wildman–Crippen LogP) is 5.91. The second-order valence-corrected chi connectivity index (χ2v) is 11.7. The van der Waals surface area contributed by atoms with E-state index in [1.807, 2.05) is 0 Å². The van der Waals surface area contributed by atoms with Gasteiger partial charge in [-0.3, -0.25) is 24.1 Å². The lowest BCUT2D eigenvalue weighted by Gasteiger charge is -2.15. The Morgan fingerprint density at radius 2 is 1.75 bits per heavy atom. The van der Waals surface area contributed by atoms with E-state index in [2.05, 4.69) is 5.10 Å². The number of aromatic nitrogens is 2. The molecule has 208 valence electrons. The number of thiocarbonyl (C=S) groups is 1. The number of aryl methyl sites for hydroxylation is 1. The van der Waals surface area contributed by atoms with Gasteiger partial charge in [0.05, 0.1) is 37.3 Å². The fourth-order valence-corrected chi connectivity index (χ4v) is 5.57. The van der Waals surface area contributed by atoms with Gasteiger partial charge in [-0.25, -0.2) is 4.68 Å². The van der Waals surface area contributed by atoms with Crippen LogP contribution in [-0.4, -0.2) is 33.0 Å². The van der Waals surface area contributed by atoms with E-state index < -0.39 is 38.2 Å². The van der Waals surface area contributed by atoms with Gasteiger partial charge in [0.15, 0.2) is 4.32 Å². The van der Waals surface area contributed by atoms with Gasteiger partial charge in [0.25, 0.3) is 21.6 Å². The third kappa shape index (κ3) is 6.15. The molecule has 0 saturated carbocycles. The summed E-state index contributed by atoms with van der Waals surface area (Å²) in [6, 6.07) is 7.49. The van der Waals surface area contributed by atoms with Crippen molar-refractivity contribution in [2.45, 2.75) is 18.0 Å². The van der Waals surface area contributed by atoms with E-state index in [1.54, 1.807) is 13.0 Å². The number of allylic oxidation sites excluding steroid dienone is 4. The minimum Gasteiger partial charge on any atom is -0.295 e. The molecule has 40 heavy (non-hydrogen) atoms. The molecule has 1 amide bonds. The zero-order valence-corrected chi connectivity index (χ0v) is 23.3. The van der Waals surface area contributed by atoms with Crippen molar-refractivity contribution in [1.82, 2.24) is 9.78 Å². The summed E-state index contributed by atoms with van der Waals surface area (Å²) < 4.78 is 72.0. The number of H-pyrrole nitrogens is 1. The van der Waals surface area contributed by atoms with Crippen molar-refractivity contribution >= 4 is 67.7 Å². The Balaban J connectivity index is 1.51. The van der Waals surface area contributed by atoms with E-state index in [9.17, 15) is 35.7 Å². The standard InChI is InChI=1S/C25H17ClF3N3O5S3/c1-14-18(22(33)32(30-14)20-13-17(40(35,36)37)11-12-19(20)26)5-3-2-4-6-21-23(34)31(24(38)39-21)16-9-7-15(8-10-16)25(27,28)29/h2-13,30H,1H3,(H,35,36,37)/b4-2+,5-3+,21-6-. The molecule has 0 atom stereocenters. The summed E-state index contributed by atoms with van der Waals surface area (Å²) >= 11 is 12.4. The molecule has 2 N–H and O–H groups in total. The van der Waals surface area contributed by atoms with Gasteiger partial charge in [-0.1, -0.05) is 53.8 Å². The van der Waals surface area contributed by atoms with E-state index in [0.29, 0.717) is 5.69 Å². The number of alkyl halides is 3. The first-order chi connectivity index (χ1) is 18.7. The van der Waals surface area contributed by atoms with Crippen LogP contribution in [0.25, 0.3) is 11.8 Å². The maximum Gasteiger partial charge on any atom is 0.416 e. The van der Waals surface area contributed by atoms with Crippen LogP contribution in [0.3, 0.4) is 0 Å². The summed E-state index contributed by atoms with van der Waals surface area (Å²) in [6.45, 7) is 1.62. The average Bonchev–Trinajstić information content (AvgIpc) is 3.31. The van der Waals surface area contributed by atoms with Crippen molar-refractivity contribution in [1.29, 1.82) is 0 Å². The molecule has 1 aromatic heterocycles. The van der Waals surface area contributed by atoms with Crippen molar-refractivity contribution in [2.24, 2.45) is 0 Å². The molecule has 0 bridgehead atoms. The van der Waals surface area contributed by atoms with Gasteiger partial charge in [-0.15, -0.1) is 0 Å². The Hall–Kier alpha value is -3.43. The highest BCUT2D eigenvalue weighted by Gasteiger charge is 2.34. The van der Waals surface area contributed by atoms with Crippen molar-refractivity contribution in [3.8, 4) is 5.69 Å². The van der Waals surface area contributed by atoms with Crippen molar-refractivity contribution in [3.05, 3.63) is 104 Å². The minimum atomic E-state index is -4.52. The fraction of sp³-hybridized carbons (Fsp3) is 0.0800. The first-order valence-corrected chi connectivity index (χ1v) is 14.1. The summed E-state index contributed by atoms with van der Waals surface area (Å²) in [4.78, 5) is 26.7. The summed E-state index contributed by atoms with van der Waals surface area (Å²) in [7, 11) is -4.52. The van der Waals surface area contributed by atoms with Gasteiger partial charge >= 0.3 is 6.18 Å². The summed E-state index contributed by atoms with van der Waals surface area (Å²) in [5.74, 6) is -0.489. The van der Waals surface area contributed by atoms with Crippen LogP contribution in [0.1, 0.15) is 16.8 Å². The quantitative estimate of drug-likeness (QED) is 0.151. The third-order valence-corrected chi connectivity index (χ3v) is 8.04. The SMILES string of the molecule is Cc1[nH]n(-c2cc(S(=O)(=O)O)ccc2Cl)c(=O)c1/C=C/C=C/C=C1\SC(=S)N(c2ccc(C(F)(F)F)cc2)C1=O. The highest BCUT2D eigenvalue weighted by atomic mass is 35.5. The number of nitrogens with zero attached hydrogens (tertiary/aromatic N) is 2. The molecule has 1 aliphatic heterocycles. The van der Waals surface area contributed by atoms with E-state index in [-0.39, 0.29) is 31.2 Å². The highest BCUT2D eigenvalue weighted by Crippen LogP contribution is 2.36. The number of carbonyl (C=O) groups is 1. The topological polar surface area (TPSA) is 112 Å². The second-order valence-electron chi connectivity index (χ2n) is 8.21. The lowest BCUT2D eigenvalue weighted by atomic mass is 10.2. The second kappa shape index (κ2) is 11.2. The molecule has 0 radical (unpaired) electrons. The van der Waals surface area contributed by atoms with Crippen LogP contribution in [0.15, 0.2) is 81.4 Å². The number of halogens is 4. The summed E-state index contributed by atoms with van der Waals surface area (Å²) in [5, 5.41) is 2.87. The Bertz CT molecular complexity index is 1770. The van der Waals surface area contributed by atoms with E-state index >= 15 is 0 Å². The van der Waals surface area contributed by atoms with Crippen LogP contribution >= 0.6 is 35.6 Å². The maximum atomic E-state index is 12.9. The Morgan fingerprint density at radius 3 is 2.38 bits per heavy atom. The molecule has 8 nitrogen and oxygen atoms in total. The first kappa shape index (κ1) is 29.6.